The maximum absolute atomic E-state index is 11.2. The zero-order chi connectivity index (χ0) is 19.5. The van der Waals surface area contributed by atoms with E-state index >= 15 is 0 Å². The Morgan fingerprint density at radius 2 is 2.21 bits per heavy atom. The van der Waals surface area contributed by atoms with E-state index in [2.05, 4.69) is 15.6 Å². The SMILES string of the molecule is CCn1nc(C)c2c(NC3CC(C(=O)O)C3)c(C3=NOC4(CCC4)C3)cnc21. The zero-order valence-corrected chi connectivity index (χ0v) is 16.2. The van der Waals surface area contributed by atoms with Crippen LogP contribution >= 0.6 is 0 Å². The molecule has 0 aromatic carbocycles. The highest BCUT2D eigenvalue weighted by molar-refractivity contribution is 6.11. The highest BCUT2D eigenvalue weighted by Gasteiger charge is 2.45. The van der Waals surface area contributed by atoms with E-state index in [0.29, 0.717) is 12.8 Å². The van der Waals surface area contributed by atoms with Crippen LogP contribution in [-0.4, -0.2) is 43.2 Å². The molecule has 2 fully saturated rings. The summed E-state index contributed by atoms with van der Waals surface area (Å²) in [4.78, 5) is 21.7. The van der Waals surface area contributed by atoms with E-state index in [-0.39, 0.29) is 17.6 Å². The molecule has 2 saturated carbocycles. The molecule has 148 valence electrons. The number of carboxylic acids is 1. The number of oxime groups is 1. The zero-order valence-electron chi connectivity index (χ0n) is 16.2. The summed E-state index contributed by atoms with van der Waals surface area (Å²) in [5.74, 6) is -0.975. The third kappa shape index (κ3) is 2.57. The predicted octanol–water partition coefficient (Wildman–Crippen LogP) is 3.08. The number of aromatic nitrogens is 3. The third-order valence-corrected chi connectivity index (χ3v) is 6.49. The van der Waals surface area contributed by atoms with Gasteiger partial charge in [-0.25, -0.2) is 9.67 Å². The van der Waals surface area contributed by atoms with Gasteiger partial charge >= 0.3 is 5.97 Å². The quantitative estimate of drug-likeness (QED) is 0.823. The summed E-state index contributed by atoms with van der Waals surface area (Å²) in [6.07, 6.45) is 7.22. The second-order valence-corrected chi connectivity index (χ2v) is 8.34. The molecule has 0 bridgehead atoms. The summed E-state index contributed by atoms with van der Waals surface area (Å²) in [5, 5.41) is 22.8. The molecule has 0 saturated heterocycles. The second kappa shape index (κ2) is 6.18. The van der Waals surface area contributed by atoms with Gasteiger partial charge in [-0.3, -0.25) is 4.79 Å². The Labute approximate surface area is 163 Å². The minimum atomic E-state index is -0.714. The van der Waals surface area contributed by atoms with Gasteiger partial charge in [0, 0.05) is 30.8 Å². The summed E-state index contributed by atoms with van der Waals surface area (Å²) in [6.45, 7) is 4.79. The maximum atomic E-state index is 11.2. The van der Waals surface area contributed by atoms with Crippen molar-refractivity contribution in [3.8, 4) is 0 Å². The van der Waals surface area contributed by atoms with Crippen molar-refractivity contribution >= 4 is 28.4 Å². The van der Waals surface area contributed by atoms with E-state index in [1.807, 2.05) is 24.7 Å². The minimum absolute atomic E-state index is 0.116. The number of carboxylic acid groups (broad SMARTS) is 1. The Bertz CT molecular complexity index is 985. The van der Waals surface area contributed by atoms with Crippen molar-refractivity contribution in [3.63, 3.8) is 0 Å². The van der Waals surface area contributed by atoms with Gasteiger partial charge in [0.1, 0.15) is 5.60 Å². The Morgan fingerprint density at radius 3 is 2.82 bits per heavy atom. The number of rotatable bonds is 5. The molecule has 8 heteroatoms. The summed E-state index contributed by atoms with van der Waals surface area (Å²) >= 11 is 0. The van der Waals surface area contributed by atoms with E-state index in [4.69, 9.17) is 9.82 Å². The number of hydrogen-bond acceptors (Lipinski definition) is 6. The van der Waals surface area contributed by atoms with E-state index in [1.54, 1.807) is 0 Å². The van der Waals surface area contributed by atoms with E-state index in [1.165, 1.54) is 6.42 Å². The van der Waals surface area contributed by atoms with Crippen LogP contribution in [0.4, 0.5) is 5.69 Å². The number of nitrogens with zero attached hydrogens (tertiary/aromatic N) is 4. The molecule has 0 amide bonds. The van der Waals surface area contributed by atoms with Gasteiger partial charge in [-0.15, -0.1) is 0 Å². The molecular formula is C20H25N5O3. The van der Waals surface area contributed by atoms with Crippen LogP contribution < -0.4 is 5.32 Å². The highest BCUT2D eigenvalue weighted by Crippen LogP contribution is 2.45. The fourth-order valence-corrected chi connectivity index (χ4v) is 4.55. The van der Waals surface area contributed by atoms with Crippen LogP contribution in [0, 0.1) is 12.8 Å². The van der Waals surface area contributed by atoms with Crippen LogP contribution in [0.15, 0.2) is 11.4 Å². The Morgan fingerprint density at radius 1 is 1.43 bits per heavy atom. The molecular weight excluding hydrogens is 358 g/mol. The number of aliphatic carboxylic acids is 1. The Kier molecular flexibility index (Phi) is 3.86. The Balaban J connectivity index is 1.54. The largest absolute Gasteiger partial charge is 0.481 e. The first-order valence-electron chi connectivity index (χ1n) is 10.1. The number of anilines is 1. The van der Waals surface area contributed by atoms with Gasteiger partial charge < -0.3 is 15.3 Å². The molecule has 2 aliphatic carbocycles. The lowest BCUT2D eigenvalue weighted by molar-refractivity contribution is -0.144. The van der Waals surface area contributed by atoms with Gasteiger partial charge in [0.25, 0.3) is 0 Å². The second-order valence-electron chi connectivity index (χ2n) is 8.34. The molecule has 2 aromatic heterocycles. The van der Waals surface area contributed by atoms with Crippen LogP contribution in [0.25, 0.3) is 11.0 Å². The molecule has 1 spiro atoms. The molecule has 2 N–H and O–H groups in total. The van der Waals surface area contributed by atoms with Crippen molar-refractivity contribution in [2.24, 2.45) is 11.1 Å². The Hall–Kier alpha value is -2.64. The first kappa shape index (κ1) is 17.5. The maximum Gasteiger partial charge on any atom is 0.306 e. The number of pyridine rings is 1. The smallest absolute Gasteiger partial charge is 0.306 e. The summed E-state index contributed by atoms with van der Waals surface area (Å²) in [6, 6.07) is 0.135. The predicted molar refractivity (Wildman–Crippen MR) is 105 cm³/mol. The lowest BCUT2D eigenvalue weighted by Gasteiger charge is -2.35. The van der Waals surface area contributed by atoms with Gasteiger partial charge in [0.05, 0.1) is 28.4 Å². The molecule has 0 radical (unpaired) electrons. The molecule has 3 aliphatic rings. The molecule has 8 nitrogen and oxygen atoms in total. The molecule has 5 rings (SSSR count). The van der Waals surface area contributed by atoms with Crippen molar-refractivity contribution in [1.29, 1.82) is 0 Å². The third-order valence-electron chi connectivity index (χ3n) is 6.49. The number of nitrogens with one attached hydrogen (secondary N) is 1. The van der Waals surface area contributed by atoms with Crippen molar-refractivity contribution in [2.75, 3.05) is 5.32 Å². The number of fused-ring (bicyclic) bond motifs is 1. The molecule has 0 atom stereocenters. The average molecular weight is 383 g/mol. The van der Waals surface area contributed by atoms with Crippen molar-refractivity contribution in [1.82, 2.24) is 14.8 Å². The fraction of sp³-hybridized carbons (Fsp3) is 0.600. The van der Waals surface area contributed by atoms with Crippen molar-refractivity contribution in [2.45, 2.75) is 70.6 Å². The standard InChI is InChI=1S/C20H25N5O3/c1-3-25-18-16(11(2)23-25)17(22-13-7-12(8-13)19(26)27)14(10-21-18)15-9-20(28-24-15)5-4-6-20/h10,12-13H,3-9H2,1-2H3,(H,21,22)(H,26,27). The number of hydrogen-bond donors (Lipinski definition) is 2. The lowest BCUT2D eigenvalue weighted by Crippen LogP contribution is -2.40. The molecule has 3 heterocycles. The first-order valence-corrected chi connectivity index (χ1v) is 10.1. The molecule has 0 unspecified atom stereocenters. The van der Waals surface area contributed by atoms with Crippen LogP contribution in [-0.2, 0) is 16.2 Å². The molecule has 1 aliphatic heterocycles. The fourth-order valence-electron chi connectivity index (χ4n) is 4.55. The highest BCUT2D eigenvalue weighted by atomic mass is 16.7. The van der Waals surface area contributed by atoms with Crippen LogP contribution in [0.1, 0.15) is 56.7 Å². The van der Waals surface area contributed by atoms with Crippen LogP contribution in [0.5, 0.6) is 0 Å². The van der Waals surface area contributed by atoms with Gasteiger partial charge in [0.15, 0.2) is 5.65 Å². The van der Waals surface area contributed by atoms with Crippen LogP contribution in [0.3, 0.4) is 0 Å². The molecule has 28 heavy (non-hydrogen) atoms. The number of aryl methyl sites for hydroxylation is 2. The molecule has 2 aromatic rings. The first-order chi connectivity index (χ1) is 13.5. The van der Waals surface area contributed by atoms with Crippen molar-refractivity contribution < 1.29 is 14.7 Å². The van der Waals surface area contributed by atoms with Crippen LogP contribution in [0.2, 0.25) is 0 Å². The summed E-state index contributed by atoms with van der Waals surface area (Å²) < 4.78 is 1.90. The average Bonchev–Trinajstić information content (AvgIpc) is 3.19. The van der Waals surface area contributed by atoms with E-state index in [0.717, 1.165) is 59.5 Å². The topological polar surface area (TPSA) is 102 Å². The number of carbonyl (C=O) groups is 1. The van der Waals surface area contributed by atoms with Gasteiger partial charge in [-0.05, 0) is 46.0 Å². The lowest BCUT2D eigenvalue weighted by atomic mass is 9.76. The van der Waals surface area contributed by atoms with E-state index in [9.17, 15) is 9.90 Å². The normalized spacial score (nSPS) is 25.1. The van der Waals surface area contributed by atoms with Crippen molar-refractivity contribution in [3.05, 3.63) is 17.5 Å². The van der Waals surface area contributed by atoms with Gasteiger partial charge in [0.2, 0.25) is 0 Å². The summed E-state index contributed by atoms with van der Waals surface area (Å²) in [7, 11) is 0. The summed E-state index contributed by atoms with van der Waals surface area (Å²) in [5.41, 5.74) is 4.49. The van der Waals surface area contributed by atoms with Gasteiger partial charge in [-0.2, -0.15) is 5.10 Å². The minimum Gasteiger partial charge on any atom is -0.481 e. The van der Waals surface area contributed by atoms with E-state index < -0.39 is 5.97 Å². The van der Waals surface area contributed by atoms with Gasteiger partial charge in [-0.1, -0.05) is 5.16 Å². The monoisotopic (exact) mass is 383 g/mol.